The Kier molecular flexibility index (Phi) is 7.33. The number of rotatable bonds is 9. The monoisotopic (exact) mass is 471 g/mol. The van der Waals surface area contributed by atoms with E-state index in [2.05, 4.69) is 23.2 Å². The van der Waals surface area contributed by atoms with Gasteiger partial charge in [0, 0.05) is 23.2 Å². The van der Waals surface area contributed by atoms with Crippen LogP contribution in [0.1, 0.15) is 47.5 Å². The summed E-state index contributed by atoms with van der Waals surface area (Å²) in [5.74, 6) is 2.79. The van der Waals surface area contributed by atoms with Crippen LogP contribution < -0.4 is 4.74 Å². The van der Waals surface area contributed by atoms with Crippen molar-refractivity contribution < 1.29 is 14.6 Å². The smallest absolute Gasteiger partial charge is 0.191 e. The lowest BCUT2D eigenvalue weighted by Gasteiger charge is -2.19. The van der Waals surface area contributed by atoms with Crippen molar-refractivity contribution in [2.75, 3.05) is 12.4 Å². The second-order valence-electron chi connectivity index (χ2n) is 8.30. The SMILES string of the molecule is CCC1CCc2sc(-c3nnc(SCC(O)COc4ccc(C(C)=O)cc4)n3C)cc2C1. The molecule has 0 saturated heterocycles. The van der Waals surface area contributed by atoms with Gasteiger partial charge in [0.1, 0.15) is 12.4 Å². The zero-order valence-electron chi connectivity index (χ0n) is 18.7. The van der Waals surface area contributed by atoms with Gasteiger partial charge in [0.05, 0.1) is 11.0 Å². The van der Waals surface area contributed by atoms with Crippen molar-refractivity contribution in [3.05, 3.63) is 46.3 Å². The van der Waals surface area contributed by atoms with Gasteiger partial charge in [0.25, 0.3) is 0 Å². The molecule has 2 atom stereocenters. The zero-order chi connectivity index (χ0) is 22.7. The number of carbonyl (C=O) groups is 1. The third-order valence-electron chi connectivity index (χ3n) is 5.93. The molecule has 0 bridgehead atoms. The van der Waals surface area contributed by atoms with E-state index >= 15 is 0 Å². The highest BCUT2D eigenvalue weighted by atomic mass is 32.2. The molecular weight excluding hydrogens is 442 g/mol. The van der Waals surface area contributed by atoms with Gasteiger partial charge in [-0.2, -0.15) is 0 Å². The van der Waals surface area contributed by atoms with Gasteiger partial charge in [0.15, 0.2) is 16.8 Å². The van der Waals surface area contributed by atoms with Crippen LogP contribution in [-0.4, -0.2) is 44.1 Å². The molecule has 0 amide bonds. The van der Waals surface area contributed by atoms with Crippen LogP contribution >= 0.6 is 23.1 Å². The van der Waals surface area contributed by atoms with Crippen LogP contribution in [0.4, 0.5) is 0 Å². The van der Waals surface area contributed by atoms with Crippen molar-refractivity contribution in [2.24, 2.45) is 13.0 Å². The number of hydrogen-bond acceptors (Lipinski definition) is 7. The lowest BCUT2D eigenvalue weighted by molar-refractivity contribution is 0.101. The predicted octanol–water partition coefficient (Wildman–Crippen LogP) is 4.79. The maximum Gasteiger partial charge on any atom is 0.191 e. The Morgan fingerprint density at radius 1 is 1.34 bits per heavy atom. The summed E-state index contributed by atoms with van der Waals surface area (Å²) in [6.07, 6.45) is 4.22. The average molecular weight is 472 g/mol. The van der Waals surface area contributed by atoms with Gasteiger partial charge in [-0.05, 0) is 68.0 Å². The molecule has 0 spiro atoms. The molecule has 8 heteroatoms. The van der Waals surface area contributed by atoms with E-state index in [9.17, 15) is 9.90 Å². The maximum atomic E-state index is 11.3. The van der Waals surface area contributed by atoms with Gasteiger partial charge in [-0.3, -0.25) is 4.79 Å². The number of aryl methyl sites for hydroxylation is 1. The summed E-state index contributed by atoms with van der Waals surface area (Å²) in [7, 11) is 1.98. The molecule has 0 radical (unpaired) electrons. The number of aliphatic hydroxyl groups is 1. The molecule has 2 heterocycles. The van der Waals surface area contributed by atoms with Crippen LogP contribution in [0.3, 0.4) is 0 Å². The molecule has 0 aliphatic heterocycles. The van der Waals surface area contributed by atoms with Crippen molar-refractivity contribution in [1.82, 2.24) is 14.8 Å². The number of carbonyl (C=O) groups excluding carboxylic acids is 1. The fourth-order valence-corrected chi connectivity index (χ4v) is 5.96. The summed E-state index contributed by atoms with van der Waals surface area (Å²) in [6.45, 7) is 3.98. The minimum atomic E-state index is -0.646. The molecule has 2 aromatic heterocycles. The van der Waals surface area contributed by atoms with Crippen LogP contribution in [0.15, 0.2) is 35.5 Å². The molecule has 6 nitrogen and oxygen atoms in total. The van der Waals surface area contributed by atoms with Crippen LogP contribution in [0.5, 0.6) is 5.75 Å². The Balaban J connectivity index is 1.32. The van der Waals surface area contributed by atoms with Crippen LogP contribution in [-0.2, 0) is 19.9 Å². The summed E-state index contributed by atoms with van der Waals surface area (Å²) < 4.78 is 7.65. The van der Waals surface area contributed by atoms with E-state index in [-0.39, 0.29) is 12.4 Å². The van der Waals surface area contributed by atoms with E-state index in [0.717, 1.165) is 16.9 Å². The van der Waals surface area contributed by atoms with Crippen molar-refractivity contribution in [1.29, 1.82) is 0 Å². The number of Topliss-reactive ketones (excluding diaryl/α,β-unsaturated/α-hetero) is 1. The van der Waals surface area contributed by atoms with E-state index in [1.54, 1.807) is 24.3 Å². The van der Waals surface area contributed by atoms with E-state index in [0.29, 0.717) is 17.1 Å². The fourth-order valence-electron chi connectivity index (χ4n) is 3.91. The van der Waals surface area contributed by atoms with Gasteiger partial charge >= 0.3 is 0 Å². The number of fused-ring (bicyclic) bond motifs is 1. The van der Waals surface area contributed by atoms with E-state index in [1.165, 1.54) is 59.7 Å². The minimum absolute atomic E-state index is 0.0175. The maximum absolute atomic E-state index is 11.3. The van der Waals surface area contributed by atoms with Crippen molar-refractivity contribution >= 4 is 28.9 Å². The number of thioether (sulfide) groups is 1. The van der Waals surface area contributed by atoms with Gasteiger partial charge in [0.2, 0.25) is 0 Å². The lowest BCUT2D eigenvalue weighted by Crippen LogP contribution is -2.20. The van der Waals surface area contributed by atoms with Gasteiger partial charge < -0.3 is 14.4 Å². The van der Waals surface area contributed by atoms with Crippen molar-refractivity contribution in [2.45, 2.75) is 50.8 Å². The number of hydrogen-bond donors (Lipinski definition) is 1. The molecule has 4 rings (SSSR count). The summed E-state index contributed by atoms with van der Waals surface area (Å²) >= 11 is 3.31. The first-order valence-corrected chi connectivity index (χ1v) is 12.8. The first-order valence-electron chi connectivity index (χ1n) is 11.0. The summed E-state index contributed by atoms with van der Waals surface area (Å²) in [6, 6.07) is 9.24. The number of thiophene rings is 1. The van der Waals surface area contributed by atoms with Gasteiger partial charge in [-0.25, -0.2) is 0 Å². The Hall–Kier alpha value is -2.16. The highest BCUT2D eigenvalue weighted by Gasteiger charge is 2.22. The molecule has 3 aromatic rings. The molecule has 2 unspecified atom stereocenters. The number of benzene rings is 1. The third kappa shape index (κ3) is 5.24. The Bertz CT molecular complexity index is 1070. The Morgan fingerprint density at radius 2 is 2.12 bits per heavy atom. The molecule has 1 aromatic carbocycles. The summed E-state index contributed by atoms with van der Waals surface area (Å²) in [4.78, 5) is 14.0. The molecule has 1 N–H and O–H groups in total. The number of ether oxygens (including phenoxy) is 1. The minimum Gasteiger partial charge on any atom is -0.491 e. The quantitative estimate of drug-likeness (QED) is 0.357. The Labute approximate surface area is 197 Å². The largest absolute Gasteiger partial charge is 0.491 e. The Morgan fingerprint density at radius 3 is 2.84 bits per heavy atom. The molecule has 170 valence electrons. The number of aromatic nitrogens is 3. The first-order chi connectivity index (χ1) is 15.4. The number of aliphatic hydroxyl groups excluding tert-OH is 1. The summed E-state index contributed by atoms with van der Waals surface area (Å²) in [5.41, 5.74) is 2.12. The van der Waals surface area contributed by atoms with Crippen LogP contribution in [0.25, 0.3) is 10.7 Å². The second kappa shape index (κ2) is 10.2. The van der Waals surface area contributed by atoms with E-state index in [4.69, 9.17) is 4.74 Å². The highest BCUT2D eigenvalue weighted by molar-refractivity contribution is 7.99. The van der Waals surface area contributed by atoms with E-state index in [1.807, 2.05) is 23.0 Å². The molecule has 0 fully saturated rings. The fraction of sp³-hybridized carbons (Fsp3) is 0.458. The number of ketones is 1. The molecule has 1 aliphatic carbocycles. The molecule has 0 saturated carbocycles. The standard InChI is InChI=1S/C24H29N3O3S2/c1-4-16-5-10-21-18(11-16)12-22(32-21)23-25-26-24(27(23)3)31-14-19(29)13-30-20-8-6-17(7-9-20)15(2)28/h6-9,12,16,19,29H,4-5,10-11,13-14H2,1-3H3. The predicted molar refractivity (Wildman–Crippen MR) is 129 cm³/mol. The lowest BCUT2D eigenvalue weighted by atomic mass is 9.87. The summed E-state index contributed by atoms with van der Waals surface area (Å²) in [5, 5.41) is 19.9. The number of nitrogens with zero attached hydrogens (tertiary/aromatic N) is 3. The average Bonchev–Trinajstić information content (AvgIpc) is 3.38. The third-order valence-corrected chi connectivity index (χ3v) is 8.32. The second-order valence-corrected chi connectivity index (χ2v) is 10.4. The molecule has 1 aliphatic rings. The topological polar surface area (TPSA) is 77.2 Å². The van der Waals surface area contributed by atoms with Crippen molar-refractivity contribution in [3.63, 3.8) is 0 Å². The highest BCUT2D eigenvalue weighted by Crippen LogP contribution is 2.38. The molecule has 32 heavy (non-hydrogen) atoms. The van der Waals surface area contributed by atoms with E-state index < -0.39 is 6.10 Å². The first kappa shape index (κ1) is 23.0. The van der Waals surface area contributed by atoms with Gasteiger partial charge in [-0.15, -0.1) is 21.5 Å². The van der Waals surface area contributed by atoms with Crippen molar-refractivity contribution in [3.8, 4) is 16.5 Å². The zero-order valence-corrected chi connectivity index (χ0v) is 20.3. The van der Waals surface area contributed by atoms with Crippen LogP contribution in [0, 0.1) is 5.92 Å². The van der Waals surface area contributed by atoms with Crippen LogP contribution in [0.2, 0.25) is 0 Å². The van der Waals surface area contributed by atoms with Gasteiger partial charge in [-0.1, -0.05) is 25.1 Å². The normalized spacial score (nSPS) is 16.6. The molecular formula is C24H29N3O3S2.